The predicted octanol–water partition coefficient (Wildman–Crippen LogP) is 3.58. The number of amides is 2. The van der Waals surface area contributed by atoms with Crippen LogP contribution in [-0.2, 0) is 4.79 Å². The van der Waals surface area contributed by atoms with Crippen LogP contribution in [0.2, 0.25) is 0 Å². The van der Waals surface area contributed by atoms with E-state index in [-0.39, 0.29) is 17.9 Å². The van der Waals surface area contributed by atoms with Crippen LogP contribution < -0.4 is 34.4 Å². The lowest BCUT2D eigenvalue weighted by molar-refractivity contribution is -0.120. The number of rotatable bonds is 11. The molecule has 39 heavy (non-hydrogen) atoms. The largest absolute Gasteiger partial charge is 0.497 e. The van der Waals surface area contributed by atoms with Crippen LogP contribution in [-0.4, -0.2) is 59.0 Å². The fourth-order valence-corrected chi connectivity index (χ4v) is 3.67. The van der Waals surface area contributed by atoms with Gasteiger partial charge in [0, 0.05) is 15.6 Å². The zero-order chi connectivity index (χ0) is 28.4. The normalized spacial score (nSPS) is 10.5. The lowest BCUT2D eigenvalue weighted by Crippen LogP contribution is -2.35. The highest BCUT2D eigenvalue weighted by Crippen LogP contribution is 2.38. The first kappa shape index (κ1) is 29.0. The van der Waals surface area contributed by atoms with E-state index in [2.05, 4.69) is 31.8 Å². The van der Waals surface area contributed by atoms with E-state index in [0.717, 1.165) is 0 Å². The van der Waals surface area contributed by atoms with Crippen molar-refractivity contribution in [3.8, 4) is 28.7 Å². The average Bonchev–Trinajstić information content (AvgIpc) is 2.96. The number of ether oxygens (including phenoxy) is 5. The fraction of sp³-hybridized carbons (Fsp3) is 0.185. The Labute approximate surface area is 233 Å². The average molecular weight is 600 g/mol. The molecule has 0 atom stereocenters. The lowest BCUT2D eigenvalue weighted by atomic mass is 10.1. The third-order valence-electron chi connectivity index (χ3n) is 5.23. The van der Waals surface area contributed by atoms with Gasteiger partial charge in [-0.2, -0.15) is 5.10 Å². The van der Waals surface area contributed by atoms with Gasteiger partial charge in [0.1, 0.15) is 11.5 Å². The first-order valence-corrected chi connectivity index (χ1v) is 12.1. The van der Waals surface area contributed by atoms with Crippen molar-refractivity contribution in [3.63, 3.8) is 0 Å². The second-order valence-electron chi connectivity index (χ2n) is 7.69. The van der Waals surface area contributed by atoms with Crippen molar-refractivity contribution >= 4 is 39.9 Å². The Morgan fingerprint density at radius 1 is 0.821 bits per heavy atom. The third-order valence-corrected chi connectivity index (χ3v) is 5.72. The van der Waals surface area contributed by atoms with E-state index in [9.17, 15) is 14.4 Å². The van der Waals surface area contributed by atoms with E-state index >= 15 is 0 Å². The van der Waals surface area contributed by atoms with E-state index in [1.165, 1.54) is 46.8 Å². The molecule has 0 aromatic heterocycles. The Hall–Kier alpha value is -4.58. The quantitative estimate of drug-likeness (QED) is 0.148. The maximum Gasteiger partial charge on any atom is 0.343 e. The van der Waals surface area contributed by atoms with Gasteiger partial charge in [0.05, 0.1) is 46.8 Å². The molecule has 2 N–H and O–H groups in total. The Morgan fingerprint density at radius 2 is 1.49 bits per heavy atom. The minimum Gasteiger partial charge on any atom is -0.497 e. The van der Waals surface area contributed by atoms with Crippen LogP contribution in [0.5, 0.6) is 28.7 Å². The Bertz CT molecular complexity index is 1350. The first-order valence-electron chi connectivity index (χ1n) is 11.4. The van der Waals surface area contributed by atoms with Crippen molar-refractivity contribution in [3.05, 3.63) is 75.8 Å². The number of nitrogens with zero attached hydrogens (tertiary/aromatic N) is 1. The van der Waals surface area contributed by atoms with Gasteiger partial charge in [-0.05, 0) is 54.6 Å². The van der Waals surface area contributed by atoms with Crippen LogP contribution in [0.3, 0.4) is 0 Å². The number of esters is 1. The molecular weight excluding hydrogens is 574 g/mol. The predicted molar refractivity (Wildman–Crippen MR) is 146 cm³/mol. The molecule has 0 aliphatic carbocycles. The summed E-state index contributed by atoms with van der Waals surface area (Å²) in [6, 6.07) is 14.4. The summed E-state index contributed by atoms with van der Waals surface area (Å²) in [4.78, 5) is 37.4. The molecular formula is C27H26BrN3O8. The van der Waals surface area contributed by atoms with Crippen molar-refractivity contribution in [1.29, 1.82) is 0 Å². The zero-order valence-electron chi connectivity index (χ0n) is 21.6. The number of methoxy groups -OCH3 is 4. The number of hydrogen-bond donors (Lipinski definition) is 2. The summed E-state index contributed by atoms with van der Waals surface area (Å²) in [7, 11) is 5.85. The molecule has 3 aromatic carbocycles. The van der Waals surface area contributed by atoms with Crippen molar-refractivity contribution in [2.24, 2.45) is 5.10 Å². The van der Waals surface area contributed by atoms with Gasteiger partial charge in [0.2, 0.25) is 5.75 Å². The molecule has 0 aliphatic heterocycles. The smallest absolute Gasteiger partial charge is 0.343 e. The second-order valence-corrected chi connectivity index (χ2v) is 8.61. The number of hydrazone groups is 1. The molecule has 3 aromatic rings. The topological polar surface area (TPSA) is 134 Å². The molecule has 0 saturated heterocycles. The minimum atomic E-state index is -0.584. The summed E-state index contributed by atoms with van der Waals surface area (Å²) in [6.45, 7) is -0.357. The lowest BCUT2D eigenvalue weighted by Gasteiger charge is -2.14. The van der Waals surface area contributed by atoms with Gasteiger partial charge in [-0.1, -0.05) is 15.9 Å². The molecule has 0 aliphatic rings. The number of carbonyl (C=O) groups is 3. The summed E-state index contributed by atoms with van der Waals surface area (Å²) in [5.74, 6) is 0.0820. The van der Waals surface area contributed by atoms with Crippen LogP contribution in [0.1, 0.15) is 26.3 Å². The molecule has 2 amide bonds. The van der Waals surface area contributed by atoms with Crippen LogP contribution in [0.15, 0.2) is 64.2 Å². The summed E-state index contributed by atoms with van der Waals surface area (Å²) in [5.41, 5.74) is 3.28. The standard InChI is InChI=1S/C27H26BrN3O8/c1-35-20-8-5-16(6-9-20)27(34)39-21-10-7-19(28)11-18(21)14-30-31-24(32)15-29-26(33)17-12-22(36-2)25(38-4)23(13-17)37-3/h5-14H,15H2,1-4H3,(H,29,33)(H,31,32)/b30-14+. The van der Waals surface area contributed by atoms with Gasteiger partial charge in [-0.25, -0.2) is 10.2 Å². The van der Waals surface area contributed by atoms with Gasteiger partial charge in [-0.3, -0.25) is 9.59 Å². The maximum atomic E-state index is 12.6. The summed E-state index contributed by atoms with van der Waals surface area (Å²) < 4.78 is 27.0. The number of nitrogens with one attached hydrogen (secondary N) is 2. The molecule has 0 radical (unpaired) electrons. The molecule has 12 heteroatoms. The highest BCUT2D eigenvalue weighted by atomic mass is 79.9. The van der Waals surface area contributed by atoms with Crippen LogP contribution in [0.4, 0.5) is 0 Å². The highest BCUT2D eigenvalue weighted by molar-refractivity contribution is 9.10. The molecule has 0 saturated carbocycles. The molecule has 0 fully saturated rings. The molecule has 11 nitrogen and oxygen atoms in total. The Morgan fingerprint density at radius 3 is 2.08 bits per heavy atom. The van der Waals surface area contributed by atoms with Crippen molar-refractivity contribution in [1.82, 2.24) is 10.7 Å². The monoisotopic (exact) mass is 599 g/mol. The van der Waals surface area contributed by atoms with Gasteiger partial charge >= 0.3 is 5.97 Å². The van der Waals surface area contributed by atoms with Gasteiger partial charge in [0.25, 0.3) is 11.8 Å². The molecule has 204 valence electrons. The summed E-state index contributed by atoms with van der Waals surface area (Å²) >= 11 is 3.36. The van der Waals surface area contributed by atoms with Gasteiger partial charge < -0.3 is 29.0 Å². The first-order chi connectivity index (χ1) is 18.8. The zero-order valence-corrected chi connectivity index (χ0v) is 23.2. The van der Waals surface area contributed by atoms with Crippen molar-refractivity contribution in [2.75, 3.05) is 35.0 Å². The number of benzene rings is 3. The fourth-order valence-electron chi connectivity index (χ4n) is 3.29. The van der Waals surface area contributed by atoms with E-state index in [1.807, 2.05) is 0 Å². The van der Waals surface area contributed by atoms with Crippen molar-refractivity contribution < 1.29 is 38.1 Å². The molecule has 0 heterocycles. The molecule has 0 unspecified atom stereocenters. The van der Waals surface area contributed by atoms with Crippen LogP contribution >= 0.6 is 15.9 Å². The summed E-state index contributed by atoms with van der Waals surface area (Å²) in [5, 5.41) is 6.41. The van der Waals surface area contributed by atoms with Crippen molar-refractivity contribution in [2.45, 2.75) is 0 Å². The van der Waals surface area contributed by atoms with E-state index in [0.29, 0.717) is 38.6 Å². The molecule has 0 spiro atoms. The van der Waals surface area contributed by atoms with E-state index in [1.54, 1.807) is 42.5 Å². The van der Waals surface area contributed by atoms with Crippen LogP contribution in [0.25, 0.3) is 0 Å². The van der Waals surface area contributed by atoms with Gasteiger partial charge in [-0.15, -0.1) is 0 Å². The SMILES string of the molecule is COc1ccc(C(=O)Oc2ccc(Br)cc2/C=N/NC(=O)CNC(=O)c2cc(OC)c(OC)c(OC)c2)cc1. The highest BCUT2D eigenvalue weighted by Gasteiger charge is 2.17. The Kier molecular flexibility index (Phi) is 10.3. The Balaban J connectivity index is 1.61. The maximum absolute atomic E-state index is 12.6. The van der Waals surface area contributed by atoms with E-state index in [4.69, 9.17) is 23.7 Å². The molecule has 0 bridgehead atoms. The number of carbonyl (C=O) groups excluding carboxylic acids is 3. The van der Waals surface area contributed by atoms with E-state index < -0.39 is 17.8 Å². The summed E-state index contributed by atoms with van der Waals surface area (Å²) in [6.07, 6.45) is 1.32. The second kappa shape index (κ2) is 13.8. The number of halogens is 1. The third kappa shape index (κ3) is 7.71. The minimum absolute atomic E-state index is 0.207. The van der Waals surface area contributed by atoms with Gasteiger partial charge in [0.15, 0.2) is 11.5 Å². The number of hydrogen-bond acceptors (Lipinski definition) is 9. The molecule has 3 rings (SSSR count). The van der Waals surface area contributed by atoms with Crippen LogP contribution in [0, 0.1) is 0 Å².